The third-order valence-corrected chi connectivity index (χ3v) is 11.5. The SMILES string of the molecule is C[C@@H](COc1ccnc2c1[C@H](C)CCC2)C[C@H]1Cc2cc3c(cc2C12CCC(Nc1cccc(Cl)c1)(C(=O)O)CC2)OCC(F)(F)CO3. The van der Waals surface area contributed by atoms with Gasteiger partial charge < -0.3 is 24.6 Å². The molecule has 0 unspecified atom stereocenters. The standard InChI is InChI=1S/C38H43ClF2N2O5/c1-23(20-46-31-9-14-42-30-8-3-5-24(2)34(30)31)15-26-16-25-17-32-33(48-22-38(40,41)21-47-32)19-29(25)36(26)10-12-37(13-11-36,35(44)45)43-28-7-4-6-27(39)18-28/h4,6-7,9,14,17-19,23-24,26,43H,3,5,8,10-13,15-16,20-22H2,1-2H3,(H,44,45)/t23-,24-,26+,36?,37?/m1/s1. The number of aliphatic carboxylic acids is 1. The summed E-state index contributed by atoms with van der Waals surface area (Å²) in [6.45, 7) is 3.54. The first-order chi connectivity index (χ1) is 23.0. The van der Waals surface area contributed by atoms with E-state index in [1.165, 1.54) is 5.56 Å². The fourth-order valence-corrected chi connectivity index (χ4v) is 8.94. The molecule has 7 nitrogen and oxygen atoms in total. The Morgan fingerprint density at radius 3 is 2.60 bits per heavy atom. The van der Waals surface area contributed by atoms with Gasteiger partial charge in [-0.25, -0.2) is 4.79 Å². The number of ether oxygens (including phenoxy) is 3. The van der Waals surface area contributed by atoms with E-state index in [1.807, 2.05) is 30.5 Å². The Morgan fingerprint density at radius 1 is 1.12 bits per heavy atom. The molecule has 1 aliphatic heterocycles. The van der Waals surface area contributed by atoms with E-state index in [0.717, 1.165) is 54.7 Å². The summed E-state index contributed by atoms with van der Waals surface area (Å²) < 4.78 is 46.1. The zero-order valence-corrected chi connectivity index (χ0v) is 28.3. The highest BCUT2D eigenvalue weighted by atomic mass is 35.5. The predicted molar refractivity (Wildman–Crippen MR) is 180 cm³/mol. The molecule has 1 aromatic heterocycles. The van der Waals surface area contributed by atoms with Gasteiger partial charge >= 0.3 is 11.9 Å². The van der Waals surface area contributed by atoms with Gasteiger partial charge in [0.05, 0.1) is 6.61 Å². The number of carboxylic acids is 1. The minimum absolute atomic E-state index is 0.196. The molecule has 0 amide bonds. The van der Waals surface area contributed by atoms with Gasteiger partial charge in [-0.15, -0.1) is 0 Å². The molecule has 7 rings (SSSR count). The molecule has 256 valence electrons. The molecule has 1 fully saturated rings. The molecule has 2 N–H and O–H groups in total. The maximum atomic E-state index is 14.2. The van der Waals surface area contributed by atoms with Gasteiger partial charge in [0.1, 0.15) is 11.3 Å². The van der Waals surface area contributed by atoms with Crippen molar-refractivity contribution in [2.45, 2.75) is 94.4 Å². The van der Waals surface area contributed by atoms with Gasteiger partial charge in [0, 0.05) is 28.2 Å². The van der Waals surface area contributed by atoms with Crippen molar-refractivity contribution in [1.82, 2.24) is 4.98 Å². The minimum atomic E-state index is -3.08. The van der Waals surface area contributed by atoms with E-state index in [9.17, 15) is 18.7 Å². The number of carboxylic acid groups (broad SMARTS) is 1. The molecule has 1 spiro atoms. The lowest BCUT2D eigenvalue weighted by Gasteiger charge is -2.47. The Labute approximate surface area is 285 Å². The Kier molecular flexibility index (Phi) is 8.71. The predicted octanol–water partition coefficient (Wildman–Crippen LogP) is 8.61. The van der Waals surface area contributed by atoms with Crippen molar-refractivity contribution in [3.63, 3.8) is 0 Å². The second-order valence-electron chi connectivity index (χ2n) is 14.6. The fourth-order valence-electron chi connectivity index (χ4n) is 8.75. The molecule has 0 radical (unpaired) electrons. The van der Waals surface area contributed by atoms with Crippen LogP contribution in [0.4, 0.5) is 14.5 Å². The maximum absolute atomic E-state index is 14.2. The number of carbonyl (C=O) groups is 1. The molecule has 10 heteroatoms. The van der Waals surface area contributed by atoms with E-state index in [-0.39, 0.29) is 17.3 Å². The fraction of sp³-hybridized carbons (Fsp3) is 0.526. The molecule has 2 aromatic carbocycles. The van der Waals surface area contributed by atoms with Crippen LogP contribution in [0.15, 0.2) is 48.7 Å². The Morgan fingerprint density at radius 2 is 1.88 bits per heavy atom. The van der Waals surface area contributed by atoms with E-state index in [2.05, 4.69) is 24.1 Å². The molecule has 3 atom stereocenters. The van der Waals surface area contributed by atoms with Gasteiger partial charge in [0.2, 0.25) is 0 Å². The highest BCUT2D eigenvalue weighted by Crippen LogP contribution is 2.58. The lowest BCUT2D eigenvalue weighted by molar-refractivity contribution is -0.144. The van der Waals surface area contributed by atoms with Crippen molar-refractivity contribution in [1.29, 1.82) is 0 Å². The van der Waals surface area contributed by atoms with Crippen molar-refractivity contribution in [3.05, 3.63) is 76.1 Å². The number of rotatable bonds is 8. The number of halogens is 3. The quantitative estimate of drug-likeness (QED) is 0.246. The van der Waals surface area contributed by atoms with Gasteiger partial charge in [-0.3, -0.25) is 4.98 Å². The van der Waals surface area contributed by atoms with Gasteiger partial charge in [0.15, 0.2) is 24.7 Å². The lowest BCUT2D eigenvalue weighted by atomic mass is 9.59. The van der Waals surface area contributed by atoms with Crippen molar-refractivity contribution in [2.24, 2.45) is 11.8 Å². The first-order valence-electron chi connectivity index (χ1n) is 17.2. The second-order valence-corrected chi connectivity index (χ2v) is 15.0. The summed E-state index contributed by atoms with van der Waals surface area (Å²) in [5, 5.41) is 14.4. The van der Waals surface area contributed by atoms with Crippen LogP contribution in [0.1, 0.15) is 87.1 Å². The molecular formula is C38H43ClF2N2O5. The number of nitrogens with zero attached hydrogens (tertiary/aromatic N) is 1. The Balaban J connectivity index is 1.16. The normalized spacial score (nSPS) is 27.8. The van der Waals surface area contributed by atoms with E-state index in [1.54, 1.807) is 18.2 Å². The summed E-state index contributed by atoms with van der Waals surface area (Å²) in [6.07, 6.45) is 8.72. The topological polar surface area (TPSA) is 89.9 Å². The minimum Gasteiger partial charge on any atom is -0.493 e. The van der Waals surface area contributed by atoms with E-state index < -0.39 is 30.6 Å². The molecule has 0 bridgehead atoms. The number of anilines is 1. The molecule has 2 heterocycles. The molecule has 4 aliphatic rings. The number of hydrogen-bond acceptors (Lipinski definition) is 6. The zero-order valence-electron chi connectivity index (χ0n) is 27.5. The number of hydrogen-bond donors (Lipinski definition) is 2. The third kappa shape index (κ3) is 6.19. The van der Waals surface area contributed by atoms with Crippen LogP contribution in [0.3, 0.4) is 0 Å². The van der Waals surface area contributed by atoms with Crippen LogP contribution >= 0.6 is 11.6 Å². The zero-order chi connectivity index (χ0) is 33.7. The first-order valence-corrected chi connectivity index (χ1v) is 17.5. The molecule has 3 aromatic rings. The van der Waals surface area contributed by atoms with Crippen molar-refractivity contribution in [2.75, 3.05) is 25.1 Å². The van der Waals surface area contributed by atoms with E-state index >= 15 is 0 Å². The van der Waals surface area contributed by atoms with Crippen LogP contribution in [0.2, 0.25) is 5.02 Å². The van der Waals surface area contributed by atoms with Crippen LogP contribution in [0.5, 0.6) is 17.2 Å². The maximum Gasteiger partial charge on any atom is 0.329 e. The average molecular weight is 681 g/mol. The van der Waals surface area contributed by atoms with Crippen LogP contribution < -0.4 is 19.5 Å². The van der Waals surface area contributed by atoms with Crippen LogP contribution in [0.25, 0.3) is 0 Å². The number of pyridine rings is 1. The monoisotopic (exact) mass is 680 g/mol. The Hall–Kier alpha value is -3.59. The van der Waals surface area contributed by atoms with Crippen molar-refractivity contribution < 1.29 is 32.9 Å². The summed E-state index contributed by atoms with van der Waals surface area (Å²) in [6, 6.07) is 12.9. The van der Waals surface area contributed by atoms with Gasteiger partial charge in [-0.2, -0.15) is 8.78 Å². The molecule has 0 saturated heterocycles. The van der Waals surface area contributed by atoms with Gasteiger partial charge in [-0.05, 0) is 128 Å². The van der Waals surface area contributed by atoms with E-state index in [4.69, 9.17) is 25.8 Å². The largest absolute Gasteiger partial charge is 0.493 e. The smallest absolute Gasteiger partial charge is 0.329 e. The van der Waals surface area contributed by atoms with Crippen LogP contribution in [-0.2, 0) is 23.1 Å². The lowest BCUT2D eigenvalue weighted by Crippen LogP contribution is -2.53. The number of benzene rings is 2. The number of nitrogens with one attached hydrogen (secondary N) is 1. The summed E-state index contributed by atoms with van der Waals surface area (Å²) in [7, 11) is 0. The highest BCUT2D eigenvalue weighted by Gasteiger charge is 2.54. The van der Waals surface area contributed by atoms with Crippen LogP contribution in [-0.4, -0.2) is 47.3 Å². The summed E-state index contributed by atoms with van der Waals surface area (Å²) >= 11 is 6.23. The van der Waals surface area contributed by atoms with Gasteiger partial charge in [0.25, 0.3) is 0 Å². The summed E-state index contributed by atoms with van der Waals surface area (Å²) in [4.78, 5) is 17.5. The summed E-state index contributed by atoms with van der Waals surface area (Å²) in [5.74, 6) is -1.57. The van der Waals surface area contributed by atoms with Crippen LogP contribution in [0, 0.1) is 11.8 Å². The highest BCUT2D eigenvalue weighted by molar-refractivity contribution is 6.30. The molecular weight excluding hydrogens is 638 g/mol. The number of aromatic nitrogens is 1. The van der Waals surface area contributed by atoms with Gasteiger partial charge in [-0.1, -0.05) is 31.5 Å². The summed E-state index contributed by atoms with van der Waals surface area (Å²) in [5.41, 5.74) is 3.65. The Bertz CT molecular complexity index is 1690. The van der Waals surface area contributed by atoms with E-state index in [0.29, 0.717) is 60.4 Å². The number of fused-ring (bicyclic) bond motifs is 4. The van der Waals surface area contributed by atoms with Crippen molar-refractivity contribution >= 4 is 23.3 Å². The third-order valence-electron chi connectivity index (χ3n) is 11.2. The second kappa shape index (κ2) is 12.7. The molecule has 1 saturated carbocycles. The molecule has 3 aliphatic carbocycles. The van der Waals surface area contributed by atoms with Crippen molar-refractivity contribution in [3.8, 4) is 17.2 Å². The first kappa shape index (κ1) is 32.9. The molecule has 48 heavy (non-hydrogen) atoms. The number of aryl methyl sites for hydroxylation is 1. The average Bonchev–Trinajstić information content (AvgIpc) is 3.23. The number of alkyl halides is 2.